The van der Waals surface area contributed by atoms with E-state index in [0.29, 0.717) is 22.9 Å². The van der Waals surface area contributed by atoms with Gasteiger partial charge in [-0.1, -0.05) is 13.0 Å². The van der Waals surface area contributed by atoms with E-state index >= 15 is 0 Å². The fourth-order valence-corrected chi connectivity index (χ4v) is 5.48. The van der Waals surface area contributed by atoms with Crippen molar-refractivity contribution in [3.05, 3.63) is 47.5 Å². The Morgan fingerprint density at radius 2 is 1.89 bits per heavy atom. The molecule has 1 saturated heterocycles. The molecule has 36 heavy (non-hydrogen) atoms. The zero-order chi connectivity index (χ0) is 24.6. The van der Waals surface area contributed by atoms with Gasteiger partial charge in [0.1, 0.15) is 11.3 Å². The van der Waals surface area contributed by atoms with Crippen molar-refractivity contribution in [1.82, 2.24) is 34.4 Å². The number of para-hydroxylation sites is 1. The Labute approximate surface area is 210 Å². The molecule has 0 saturated carbocycles. The standard InChI is InChI=1S/C26H33N9O/c1-3-32-13-15-34(16-14-32)21-7-10-28-20-17-33(11-8-18(20)21)12-9-23-29-25-19-5-4-6-22(36-2)24(19)30-26(27)35(25)31-23/h4-7,10H,3,8-9,11-17H2,1-2H3,(H2,27,30). The maximum atomic E-state index is 6.21. The van der Waals surface area contributed by atoms with Gasteiger partial charge in [0.2, 0.25) is 5.95 Å². The summed E-state index contributed by atoms with van der Waals surface area (Å²) in [5.41, 5.74) is 11.6. The van der Waals surface area contributed by atoms with E-state index in [1.807, 2.05) is 24.4 Å². The molecule has 5 heterocycles. The molecule has 3 aromatic heterocycles. The lowest BCUT2D eigenvalue weighted by Crippen LogP contribution is -2.47. The maximum absolute atomic E-state index is 6.21. The molecule has 0 aliphatic carbocycles. The molecule has 2 aliphatic heterocycles. The number of methoxy groups -OCH3 is 1. The molecule has 0 bridgehead atoms. The first-order chi connectivity index (χ1) is 17.6. The van der Waals surface area contributed by atoms with Crippen LogP contribution in [0.3, 0.4) is 0 Å². The van der Waals surface area contributed by atoms with Gasteiger partial charge in [-0.3, -0.25) is 9.88 Å². The summed E-state index contributed by atoms with van der Waals surface area (Å²) in [7, 11) is 1.63. The highest BCUT2D eigenvalue weighted by atomic mass is 16.5. The predicted octanol–water partition coefficient (Wildman–Crippen LogP) is 2.01. The number of nitrogen functional groups attached to an aromatic ring is 1. The molecule has 1 fully saturated rings. The topological polar surface area (TPSA) is 101 Å². The molecule has 10 heteroatoms. The average Bonchev–Trinajstić information content (AvgIpc) is 3.37. The number of likely N-dealkylation sites (N-methyl/N-ethyl adjacent to an activating group) is 1. The van der Waals surface area contributed by atoms with Crippen molar-refractivity contribution in [3.8, 4) is 5.75 Å². The molecule has 4 aromatic rings. The van der Waals surface area contributed by atoms with Gasteiger partial charge in [-0.25, -0.2) is 9.97 Å². The van der Waals surface area contributed by atoms with Crippen molar-refractivity contribution in [3.63, 3.8) is 0 Å². The van der Waals surface area contributed by atoms with Crippen molar-refractivity contribution < 1.29 is 4.74 Å². The van der Waals surface area contributed by atoms with E-state index in [0.717, 1.165) is 76.4 Å². The molecule has 10 nitrogen and oxygen atoms in total. The lowest BCUT2D eigenvalue weighted by atomic mass is 10.0. The maximum Gasteiger partial charge on any atom is 0.223 e. The number of hydrogen-bond donors (Lipinski definition) is 1. The summed E-state index contributed by atoms with van der Waals surface area (Å²) >= 11 is 0. The second-order valence-corrected chi connectivity index (χ2v) is 9.54. The summed E-state index contributed by atoms with van der Waals surface area (Å²) < 4.78 is 7.09. The third-order valence-electron chi connectivity index (χ3n) is 7.54. The van der Waals surface area contributed by atoms with E-state index in [1.54, 1.807) is 11.6 Å². The van der Waals surface area contributed by atoms with Crippen LogP contribution in [0.1, 0.15) is 24.0 Å². The molecule has 0 radical (unpaired) electrons. The van der Waals surface area contributed by atoms with Crippen LogP contribution in [0, 0.1) is 0 Å². The van der Waals surface area contributed by atoms with Crippen LogP contribution in [0.2, 0.25) is 0 Å². The van der Waals surface area contributed by atoms with Crippen molar-refractivity contribution in [2.45, 2.75) is 26.3 Å². The molecule has 0 spiro atoms. The highest BCUT2D eigenvalue weighted by Crippen LogP contribution is 2.29. The van der Waals surface area contributed by atoms with E-state index in [4.69, 9.17) is 20.4 Å². The second kappa shape index (κ2) is 9.51. The molecule has 1 aromatic carbocycles. The third-order valence-corrected chi connectivity index (χ3v) is 7.54. The van der Waals surface area contributed by atoms with Gasteiger partial charge < -0.3 is 20.3 Å². The molecular weight excluding hydrogens is 454 g/mol. The van der Waals surface area contributed by atoms with Gasteiger partial charge in [0.25, 0.3) is 0 Å². The van der Waals surface area contributed by atoms with E-state index in [2.05, 4.69) is 37.8 Å². The number of nitrogens with two attached hydrogens (primary N) is 1. The van der Waals surface area contributed by atoms with Crippen LogP contribution in [0.4, 0.5) is 11.6 Å². The number of nitrogens with zero attached hydrogens (tertiary/aromatic N) is 8. The van der Waals surface area contributed by atoms with Gasteiger partial charge in [0.05, 0.1) is 12.8 Å². The van der Waals surface area contributed by atoms with Crippen molar-refractivity contribution in [1.29, 1.82) is 0 Å². The van der Waals surface area contributed by atoms with E-state index in [1.165, 1.54) is 16.9 Å². The first kappa shape index (κ1) is 22.9. The Balaban J connectivity index is 1.17. The molecule has 2 N–H and O–H groups in total. The number of benzene rings is 1. The summed E-state index contributed by atoms with van der Waals surface area (Å²) in [5, 5.41) is 5.54. The molecule has 188 valence electrons. The van der Waals surface area contributed by atoms with Gasteiger partial charge in [0, 0.05) is 69.5 Å². The zero-order valence-corrected chi connectivity index (χ0v) is 21.0. The van der Waals surface area contributed by atoms with Gasteiger partial charge in [-0.2, -0.15) is 4.52 Å². The van der Waals surface area contributed by atoms with Crippen molar-refractivity contribution in [2.75, 3.05) is 63.6 Å². The fourth-order valence-electron chi connectivity index (χ4n) is 5.48. The lowest BCUT2D eigenvalue weighted by molar-refractivity contribution is 0.250. The lowest BCUT2D eigenvalue weighted by Gasteiger charge is -2.38. The Morgan fingerprint density at radius 1 is 1.03 bits per heavy atom. The van der Waals surface area contributed by atoms with Crippen LogP contribution >= 0.6 is 0 Å². The predicted molar refractivity (Wildman–Crippen MR) is 141 cm³/mol. The monoisotopic (exact) mass is 487 g/mol. The summed E-state index contributed by atoms with van der Waals surface area (Å²) in [4.78, 5) is 21.6. The smallest absolute Gasteiger partial charge is 0.223 e. The van der Waals surface area contributed by atoms with Crippen LogP contribution in [0.5, 0.6) is 5.75 Å². The van der Waals surface area contributed by atoms with Crippen LogP contribution < -0.4 is 15.4 Å². The van der Waals surface area contributed by atoms with E-state index in [-0.39, 0.29) is 0 Å². The zero-order valence-electron chi connectivity index (χ0n) is 21.0. The van der Waals surface area contributed by atoms with Gasteiger partial charge in [-0.15, -0.1) is 5.10 Å². The van der Waals surface area contributed by atoms with Gasteiger partial charge in [0.15, 0.2) is 11.5 Å². The average molecular weight is 488 g/mol. The van der Waals surface area contributed by atoms with Gasteiger partial charge >= 0.3 is 0 Å². The highest BCUT2D eigenvalue weighted by molar-refractivity contribution is 5.95. The van der Waals surface area contributed by atoms with Crippen molar-refractivity contribution >= 4 is 28.2 Å². The minimum atomic E-state index is 0.309. The van der Waals surface area contributed by atoms with Crippen LogP contribution in [0.25, 0.3) is 16.6 Å². The Kier molecular flexibility index (Phi) is 6.06. The van der Waals surface area contributed by atoms with Crippen LogP contribution in [-0.4, -0.2) is 87.3 Å². The van der Waals surface area contributed by atoms with E-state index in [9.17, 15) is 0 Å². The fraction of sp³-hybridized carbons (Fsp3) is 0.462. The number of piperazine rings is 1. The number of aromatic nitrogens is 5. The molecule has 6 rings (SSSR count). The molecular formula is C26H33N9O. The number of fused-ring (bicyclic) bond motifs is 4. The van der Waals surface area contributed by atoms with Crippen LogP contribution in [-0.2, 0) is 19.4 Å². The largest absolute Gasteiger partial charge is 0.494 e. The molecule has 0 atom stereocenters. The second-order valence-electron chi connectivity index (χ2n) is 9.54. The minimum absolute atomic E-state index is 0.309. The Bertz CT molecular complexity index is 1390. The normalized spacial score (nSPS) is 17.1. The minimum Gasteiger partial charge on any atom is -0.494 e. The molecule has 0 unspecified atom stereocenters. The van der Waals surface area contributed by atoms with Gasteiger partial charge in [-0.05, 0) is 36.7 Å². The van der Waals surface area contributed by atoms with Crippen LogP contribution in [0.15, 0.2) is 30.5 Å². The quantitative estimate of drug-likeness (QED) is 0.438. The Hall–Kier alpha value is -3.50. The molecule has 0 amide bonds. The summed E-state index contributed by atoms with van der Waals surface area (Å²) in [6, 6.07) is 7.99. The van der Waals surface area contributed by atoms with Crippen molar-refractivity contribution in [2.24, 2.45) is 0 Å². The first-order valence-corrected chi connectivity index (χ1v) is 12.8. The van der Waals surface area contributed by atoms with E-state index < -0.39 is 0 Å². The summed E-state index contributed by atoms with van der Waals surface area (Å²) in [5.74, 6) is 1.75. The highest BCUT2D eigenvalue weighted by Gasteiger charge is 2.24. The number of pyridine rings is 1. The number of anilines is 2. The first-order valence-electron chi connectivity index (χ1n) is 12.8. The SMILES string of the molecule is CCN1CCN(c2ccnc3c2CCN(CCc2nc4c5cccc(OC)c5nc(N)n4n2)C3)CC1. The third kappa shape index (κ3) is 4.10. The number of rotatable bonds is 6. The molecule has 2 aliphatic rings. The number of hydrogen-bond acceptors (Lipinski definition) is 9. The summed E-state index contributed by atoms with van der Waals surface area (Å²) in [6.07, 6.45) is 3.73. The summed E-state index contributed by atoms with van der Waals surface area (Å²) in [6.45, 7) is 10.6. The number of ether oxygens (including phenoxy) is 1. The Morgan fingerprint density at radius 3 is 2.69 bits per heavy atom.